The molecule has 0 amide bonds. The molecule has 5 atom stereocenters. The van der Waals surface area contributed by atoms with E-state index in [1.807, 2.05) is 0 Å². The lowest BCUT2D eigenvalue weighted by molar-refractivity contribution is -0.0729. The highest BCUT2D eigenvalue weighted by Gasteiger charge is 2.49. The molecule has 3 unspecified atom stereocenters. The fraction of sp³-hybridized carbons (Fsp3) is 0.821. The van der Waals surface area contributed by atoms with Crippen molar-refractivity contribution in [2.45, 2.75) is 121 Å². The van der Waals surface area contributed by atoms with Crippen LogP contribution in [0, 0.1) is 0 Å². The van der Waals surface area contributed by atoms with Gasteiger partial charge in [0.2, 0.25) is 5.95 Å². The zero-order valence-electron chi connectivity index (χ0n) is 25.0. The van der Waals surface area contributed by atoms with E-state index in [1.165, 1.54) is 84.1 Å². The van der Waals surface area contributed by atoms with Gasteiger partial charge in [-0.2, -0.15) is 4.98 Å². The molecule has 0 bridgehead atoms. The summed E-state index contributed by atoms with van der Waals surface area (Å²) in [4.78, 5) is 33.2. The molecule has 1 fully saturated rings. The minimum Gasteiger partial charge on any atom is -0.382 e. The van der Waals surface area contributed by atoms with E-state index >= 15 is 0 Å². The summed E-state index contributed by atoms with van der Waals surface area (Å²) in [6.07, 6.45) is 15.9. The highest BCUT2D eigenvalue weighted by Crippen LogP contribution is 2.45. The number of unbranched alkanes of at least 4 members (excludes halogenated alkanes) is 13. The number of fused-ring (bicyclic) bond motifs is 1. The molecule has 1 aliphatic heterocycles. The van der Waals surface area contributed by atoms with Crippen LogP contribution < -0.4 is 11.3 Å². The number of nitrogens with two attached hydrogens (primary N) is 1. The third-order valence-electron chi connectivity index (χ3n) is 7.47. The number of aromatic amines is 1. The van der Waals surface area contributed by atoms with Crippen LogP contribution >= 0.6 is 7.60 Å². The molecule has 0 aliphatic carbocycles. The maximum absolute atomic E-state index is 12.3. The smallest absolute Gasteiger partial charge is 0.325 e. The average molecular weight is 600 g/mol. The standard InChI is InChI=1S/C28H50N5O7P/c1-4-5-6-7-8-9-10-11-12-13-14-15-16-17-18-38-24-23(40-41(3,35)36)21(19-37-2)39-27(24)33-20-30-22-25(33)31-28(29)32-26(22)34/h20-21,23-24,27H,4-19H2,1-3H3,(H,35,36)(H3,29,31,32,34)/t21-,23?,24?,27-/m1/s1. The molecule has 0 radical (unpaired) electrons. The number of ether oxygens (including phenoxy) is 3. The van der Waals surface area contributed by atoms with Crippen molar-refractivity contribution in [1.29, 1.82) is 0 Å². The molecule has 234 valence electrons. The Labute approximate surface area is 243 Å². The van der Waals surface area contributed by atoms with Crippen LogP contribution in [0.25, 0.3) is 11.2 Å². The molecule has 13 heteroatoms. The molecule has 0 saturated carbocycles. The Bertz CT molecular complexity index is 1140. The number of hydrogen-bond donors (Lipinski definition) is 3. The van der Waals surface area contributed by atoms with Gasteiger partial charge >= 0.3 is 7.60 Å². The molecule has 3 heterocycles. The van der Waals surface area contributed by atoms with E-state index < -0.39 is 37.7 Å². The lowest BCUT2D eigenvalue weighted by Gasteiger charge is -2.26. The zero-order chi connectivity index (χ0) is 29.7. The predicted molar refractivity (Wildman–Crippen MR) is 159 cm³/mol. The number of hydrogen-bond acceptors (Lipinski definition) is 9. The van der Waals surface area contributed by atoms with E-state index in [2.05, 4.69) is 21.9 Å². The molecule has 1 saturated heterocycles. The lowest BCUT2D eigenvalue weighted by atomic mass is 10.0. The van der Waals surface area contributed by atoms with Crippen LogP contribution in [0.4, 0.5) is 5.95 Å². The van der Waals surface area contributed by atoms with Gasteiger partial charge in [0, 0.05) is 20.4 Å². The molecule has 4 N–H and O–H groups in total. The van der Waals surface area contributed by atoms with E-state index in [-0.39, 0.29) is 23.7 Å². The Balaban J connectivity index is 1.51. The van der Waals surface area contributed by atoms with Gasteiger partial charge in [0.25, 0.3) is 5.56 Å². The number of aromatic nitrogens is 4. The van der Waals surface area contributed by atoms with Crippen molar-refractivity contribution >= 4 is 24.7 Å². The second-order valence-corrected chi connectivity index (χ2v) is 12.9. The number of nitrogens with one attached hydrogen (secondary N) is 1. The fourth-order valence-corrected chi connectivity index (χ4v) is 6.11. The van der Waals surface area contributed by atoms with Crippen molar-refractivity contribution in [3.8, 4) is 0 Å². The van der Waals surface area contributed by atoms with Crippen LogP contribution in [-0.2, 0) is 23.3 Å². The summed E-state index contributed by atoms with van der Waals surface area (Å²) < 4.78 is 37.1. The number of rotatable bonds is 21. The summed E-state index contributed by atoms with van der Waals surface area (Å²) in [7, 11) is -2.38. The van der Waals surface area contributed by atoms with Crippen LogP contribution in [0.1, 0.15) is 103 Å². The van der Waals surface area contributed by atoms with Crippen molar-refractivity contribution in [3.05, 3.63) is 16.7 Å². The second-order valence-electron chi connectivity index (χ2n) is 11.1. The summed E-state index contributed by atoms with van der Waals surface area (Å²) >= 11 is 0. The zero-order valence-corrected chi connectivity index (χ0v) is 25.9. The molecule has 12 nitrogen and oxygen atoms in total. The number of nitrogens with zero attached hydrogens (tertiary/aromatic N) is 3. The maximum Gasteiger partial charge on any atom is 0.325 e. The molecular weight excluding hydrogens is 549 g/mol. The summed E-state index contributed by atoms with van der Waals surface area (Å²) in [6, 6.07) is 0. The number of methoxy groups -OCH3 is 1. The van der Waals surface area contributed by atoms with E-state index in [1.54, 1.807) is 4.57 Å². The van der Waals surface area contributed by atoms with E-state index in [0.29, 0.717) is 6.61 Å². The van der Waals surface area contributed by atoms with E-state index in [9.17, 15) is 14.3 Å². The topological polar surface area (TPSA) is 164 Å². The van der Waals surface area contributed by atoms with Crippen molar-refractivity contribution in [3.63, 3.8) is 0 Å². The van der Waals surface area contributed by atoms with Gasteiger partial charge in [-0.1, -0.05) is 90.4 Å². The third-order valence-corrected chi connectivity index (χ3v) is 8.10. The molecule has 0 spiro atoms. The number of anilines is 1. The van der Waals surface area contributed by atoms with Crippen LogP contribution in [0.3, 0.4) is 0 Å². The first-order valence-electron chi connectivity index (χ1n) is 15.2. The van der Waals surface area contributed by atoms with Gasteiger partial charge in [0.1, 0.15) is 18.3 Å². The van der Waals surface area contributed by atoms with Gasteiger partial charge in [-0.15, -0.1) is 0 Å². The largest absolute Gasteiger partial charge is 0.382 e. The van der Waals surface area contributed by atoms with Crippen LogP contribution in [-0.4, -0.2) is 69.7 Å². The highest BCUT2D eigenvalue weighted by molar-refractivity contribution is 7.51. The number of H-pyrrole nitrogens is 1. The van der Waals surface area contributed by atoms with Crippen LogP contribution in [0.2, 0.25) is 0 Å². The summed E-state index contributed by atoms with van der Waals surface area (Å²) in [5, 5.41) is 0. The second kappa shape index (κ2) is 17.3. The van der Waals surface area contributed by atoms with E-state index in [4.69, 9.17) is 24.5 Å². The Morgan fingerprint density at radius 2 is 1.61 bits per heavy atom. The molecule has 2 aromatic heterocycles. The van der Waals surface area contributed by atoms with E-state index in [0.717, 1.165) is 25.9 Å². The van der Waals surface area contributed by atoms with Gasteiger partial charge in [-0.25, -0.2) is 4.98 Å². The normalized spacial score (nSPS) is 22.4. The minimum atomic E-state index is -3.89. The highest BCUT2D eigenvalue weighted by atomic mass is 31.2. The Kier molecular flexibility index (Phi) is 14.2. The number of nitrogen functional groups attached to an aromatic ring is 1. The summed E-state index contributed by atoms with van der Waals surface area (Å²) in [5.74, 6) is -0.0585. The first-order chi connectivity index (χ1) is 19.7. The molecule has 2 aromatic rings. The molecule has 1 aliphatic rings. The summed E-state index contributed by atoms with van der Waals surface area (Å²) in [6.45, 7) is 3.92. The van der Waals surface area contributed by atoms with Crippen molar-refractivity contribution in [1.82, 2.24) is 19.5 Å². The third kappa shape index (κ3) is 10.8. The number of imidazole rings is 1. The van der Waals surface area contributed by atoms with Crippen LogP contribution in [0.15, 0.2) is 11.1 Å². The van der Waals surface area contributed by atoms with Gasteiger partial charge < -0.3 is 24.8 Å². The molecule has 41 heavy (non-hydrogen) atoms. The minimum absolute atomic E-state index is 0.0585. The molecule has 0 aromatic carbocycles. The van der Waals surface area contributed by atoms with Crippen molar-refractivity contribution in [2.75, 3.05) is 32.7 Å². The predicted octanol–water partition coefficient (Wildman–Crippen LogP) is 5.31. The molecular formula is C28H50N5O7P. The maximum atomic E-state index is 12.3. The van der Waals surface area contributed by atoms with Gasteiger partial charge in [-0.05, 0) is 6.42 Å². The van der Waals surface area contributed by atoms with Crippen molar-refractivity contribution in [2.24, 2.45) is 0 Å². The quantitative estimate of drug-likeness (QED) is 0.126. The Morgan fingerprint density at radius 1 is 1.02 bits per heavy atom. The molecule has 3 rings (SSSR count). The van der Waals surface area contributed by atoms with Crippen LogP contribution in [0.5, 0.6) is 0 Å². The first-order valence-corrected chi connectivity index (χ1v) is 17.2. The Morgan fingerprint density at radius 3 is 2.17 bits per heavy atom. The fourth-order valence-electron chi connectivity index (χ4n) is 5.41. The van der Waals surface area contributed by atoms with Gasteiger partial charge in [0.05, 0.1) is 12.9 Å². The Hall–Kier alpha value is -1.82. The summed E-state index contributed by atoms with van der Waals surface area (Å²) in [5.41, 5.74) is 5.63. The monoisotopic (exact) mass is 599 g/mol. The lowest BCUT2D eigenvalue weighted by Crippen LogP contribution is -2.38. The average Bonchev–Trinajstić information content (AvgIpc) is 3.47. The SMILES string of the molecule is CCCCCCCCCCCCCCCCOC1C(OP(C)(=O)O)[C@@H](COC)O[C@H]1n1cnc2c(=O)[nH]c(N)nc21. The van der Waals surface area contributed by atoms with Gasteiger partial charge in [0.15, 0.2) is 17.4 Å². The van der Waals surface area contributed by atoms with Crippen molar-refractivity contribution < 1.29 is 28.2 Å². The first kappa shape index (κ1) is 33.7. The van der Waals surface area contributed by atoms with Gasteiger partial charge in [-0.3, -0.25) is 23.4 Å².